The molecule has 0 aromatic rings. The molecule has 8 aliphatic carbocycles. The van der Waals surface area contributed by atoms with Crippen molar-refractivity contribution in [2.24, 2.45) is 68.0 Å². The molecule has 2 spiro atoms. The summed E-state index contributed by atoms with van der Waals surface area (Å²) in [6.45, 7) is 13.4. The molecule has 4 bridgehead atoms. The molecule has 0 amide bonds. The molecule has 2 N–H and O–H groups in total. The second kappa shape index (κ2) is 13.7. The van der Waals surface area contributed by atoms with Crippen molar-refractivity contribution in [1.82, 2.24) is 0 Å². The van der Waals surface area contributed by atoms with Crippen LogP contribution in [0.1, 0.15) is 196 Å². The molecular weight excluding hydrogens is 705 g/mol. The molecule has 8 aliphatic rings. The summed E-state index contributed by atoms with van der Waals surface area (Å²) < 4.78 is 13.0. The van der Waals surface area contributed by atoms with Gasteiger partial charge in [0.05, 0.1) is 10.8 Å². The fourth-order valence-corrected chi connectivity index (χ4v) is 17.8. The molecule has 0 aromatic heterocycles. The summed E-state index contributed by atoms with van der Waals surface area (Å²) in [6, 6.07) is 0. The topological polar surface area (TPSA) is 127 Å². The van der Waals surface area contributed by atoms with Crippen LogP contribution in [0.2, 0.25) is 0 Å². The molecule has 0 radical (unpaired) electrons. The first-order valence-electron chi connectivity index (χ1n) is 23.2. The first kappa shape index (κ1) is 40.7. The zero-order chi connectivity index (χ0) is 40.2. The van der Waals surface area contributed by atoms with Gasteiger partial charge in [-0.1, -0.05) is 53.4 Å². The smallest absolute Gasteiger partial charge is 0.309 e. The fraction of sp³-hybridized carbons (Fsp3) is 0.917. The minimum absolute atomic E-state index is 0.0352. The fourth-order valence-electron chi connectivity index (χ4n) is 17.8. The molecule has 8 fully saturated rings. The van der Waals surface area contributed by atoms with Gasteiger partial charge >= 0.3 is 23.9 Å². The van der Waals surface area contributed by atoms with E-state index in [-0.39, 0.29) is 56.6 Å². The molecule has 0 aliphatic heterocycles. The molecule has 8 heteroatoms. The van der Waals surface area contributed by atoms with Gasteiger partial charge in [0.15, 0.2) is 0 Å². The number of carbonyl (C=O) groups excluding carboxylic acids is 2. The first-order chi connectivity index (χ1) is 26.3. The lowest BCUT2D eigenvalue weighted by atomic mass is 9.41. The van der Waals surface area contributed by atoms with Gasteiger partial charge in [-0.3, -0.25) is 19.2 Å². The van der Waals surface area contributed by atoms with E-state index in [4.69, 9.17) is 9.47 Å². The highest BCUT2D eigenvalue weighted by Crippen LogP contribution is 2.75. The summed E-state index contributed by atoms with van der Waals surface area (Å²) in [5.74, 6) is 0.675. The Morgan fingerprint density at radius 2 is 0.893 bits per heavy atom. The summed E-state index contributed by atoms with van der Waals surface area (Å²) in [5.41, 5.74) is -1.66. The van der Waals surface area contributed by atoms with Crippen molar-refractivity contribution < 1.29 is 38.9 Å². The number of ether oxygens (including phenoxy) is 2. The molecule has 14 atom stereocenters. The second-order valence-electron chi connectivity index (χ2n) is 22.8. The number of carboxylic acids is 2. The van der Waals surface area contributed by atoms with Crippen LogP contribution in [0.5, 0.6) is 0 Å². The van der Waals surface area contributed by atoms with Gasteiger partial charge in [0.1, 0.15) is 11.2 Å². The molecule has 0 heterocycles. The van der Waals surface area contributed by atoms with E-state index in [0.717, 1.165) is 141 Å². The molecule has 8 nitrogen and oxygen atoms in total. The lowest BCUT2D eigenvalue weighted by molar-refractivity contribution is -0.194. The minimum Gasteiger partial charge on any atom is -0.481 e. The van der Waals surface area contributed by atoms with Crippen molar-refractivity contribution in [3.63, 3.8) is 0 Å². The molecule has 0 saturated heterocycles. The Kier molecular flexibility index (Phi) is 9.95. The van der Waals surface area contributed by atoms with Gasteiger partial charge in [-0.15, -0.1) is 0 Å². The zero-order valence-electron chi connectivity index (χ0n) is 35.8. The third-order valence-electron chi connectivity index (χ3n) is 20.2. The van der Waals surface area contributed by atoms with Crippen LogP contribution in [0.25, 0.3) is 0 Å². The SMILES string of the molecule is C[C@@H]1C[C@]23CC[C@@H]4[C@](C)(CCC[C@]4(C)C(=O)O)[C@H]2CC[C@@]1(OC(=O)CCCCCCC(=O)O[C@]12CC[C@@H]4[C@](CC[C@H]5[C@@]4(C)CCC[C@@]5(C)C(=O)O)(C[C@@H]1C)C2)C3. The third-order valence-corrected chi connectivity index (χ3v) is 20.2. The maximum absolute atomic E-state index is 13.4. The minimum atomic E-state index is -0.638. The van der Waals surface area contributed by atoms with Crippen molar-refractivity contribution in [3.8, 4) is 0 Å². The van der Waals surface area contributed by atoms with E-state index in [1.165, 1.54) is 0 Å². The number of carboxylic acid groups (broad SMARTS) is 2. The molecule has 56 heavy (non-hydrogen) atoms. The second-order valence-corrected chi connectivity index (χ2v) is 22.8. The maximum Gasteiger partial charge on any atom is 0.309 e. The van der Waals surface area contributed by atoms with Gasteiger partial charge in [-0.05, 0) is 187 Å². The normalized spacial score (nSPS) is 50.1. The zero-order valence-corrected chi connectivity index (χ0v) is 35.8. The van der Waals surface area contributed by atoms with Crippen LogP contribution < -0.4 is 0 Å². The maximum atomic E-state index is 13.4. The van der Waals surface area contributed by atoms with Gasteiger partial charge in [0.2, 0.25) is 0 Å². The number of carbonyl (C=O) groups is 4. The van der Waals surface area contributed by atoms with E-state index in [1.807, 2.05) is 13.8 Å². The Bertz CT molecular complexity index is 1490. The highest BCUT2D eigenvalue weighted by atomic mass is 16.6. The molecule has 8 rings (SSSR count). The number of fused-ring (bicyclic) bond motifs is 6. The molecule has 0 aromatic carbocycles. The van der Waals surface area contributed by atoms with Gasteiger partial charge in [0.25, 0.3) is 0 Å². The van der Waals surface area contributed by atoms with E-state index in [0.29, 0.717) is 36.5 Å². The predicted molar refractivity (Wildman–Crippen MR) is 213 cm³/mol. The van der Waals surface area contributed by atoms with Crippen LogP contribution in [0, 0.1) is 68.0 Å². The van der Waals surface area contributed by atoms with Crippen molar-refractivity contribution in [1.29, 1.82) is 0 Å². The van der Waals surface area contributed by atoms with Gasteiger partial charge in [0, 0.05) is 12.8 Å². The van der Waals surface area contributed by atoms with Gasteiger partial charge in [-0.25, -0.2) is 0 Å². The highest BCUT2D eigenvalue weighted by Gasteiger charge is 2.71. The van der Waals surface area contributed by atoms with Crippen molar-refractivity contribution in [3.05, 3.63) is 0 Å². The monoisotopic (exact) mass is 779 g/mol. The van der Waals surface area contributed by atoms with Crippen molar-refractivity contribution >= 4 is 23.9 Å². The molecular formula is C48H74O8. The lowest BCUT2D eigenvalue weighted by Gasteiger charge is -2.63. The Morgan fingerprint density at radius 1 is 0.518 bits per heavy atom. The largest absolute Gasteiger partial charge is 0.481 e. The predicted octanol–water partition coefficient (Wildman–Crippen LogP) is 10.9. The number of esters is 2. The van der Waals surface area contributed by atoms with Gasteiger partial charge < -0.3 is 19.7 Å². The van der Waals surface area contributed by atoms with Crippen molar-refractivity contribution in [2.75, 3.05) is 0 Å². The third kappa shape index (κ3) is 5.90. The summed E-state index contributed by atoms with van der Waals surface area (Å²) in [5, 5.41) is 20.6. The van der Waals surface area contributed by atoms with Crippen LogP contribution in [0.4, 0.5) is 0 Å². The molecule has 0 unspecified atom stereocenters. The average molecular weight is 779 g/mol. The number of rotatable bonds is 11. The quantitative estimate of drug-likeness (QED) is 0.157. The number of aliphatic carboxylic acids is 2. The van der Waals surface area contributed by atoms with Crippen molar-refractivity contribution in [2.45, 2.75) is 207 Å². The molecule has 8 saturated carbocycles. The van der Waals surface area contributed by atoms with Gasteiger partial charge in [-0.2, -0.15) is 0 Å². The summed E-state index contributed by atoms with van der Waals surface area (Å²) in [4.78, 5) is 51.8. The van der Waals surface area contributed by atoms with E-state index in [2.05, 4.69) is 27.7 Å². The average Bonchev–Trinajstić information content (AvgIpc) is 3.44. The lowest BCUT2D eigenvalue weighted by Crippen LogP contribution is -2.59. The van der Waals surface area contributed by atoms with E-state index < -0.39 is 22.8 Å². The standard InChI is InChI=1S/C48H74O8/c1-31-27-45-23-15-33-41(3,19-11-21-43(33,5)39(51)52)35(45)17-25-47(31,29-45)55-37(49)13-9-7-8-10-14-38(50)56-48-26-18-36-42(4)20-12-22-44(6,40(53)54)34(42)16-24-46(36,30-48)28-32(48)2/h31-36H,7-30H2,1-6H3,(H,51,52)(H,53,54)/t31-,32+,33-,34+,35-,36+,41+,42-,43+,44-,45+,46-,47-,48+. The van der Waals surface area contributed by atoms with E-state index in [1.54, 1.807) is 0 Å². The van der Waals surface area contributed by atoms with Crippen LogP contribution >= 0.6 is 0 Å². The summed E-state index contributed by atoms with van der Waals surface area (Å²) in [6.07, 6.45) is 21.9. The summed E-state index contributed by atoms with van der Waals surface area (Å²) in [7, 11) is 0. The van der Waals surface area contributed by atoms with Crippen LogP contribution in [0.15, 0.2) is 0 Å². The Hall–Kier alpha value is -2.12. The first-order valence-corrected chi connectivity index (χ1v) is 23.2. The Balaban J connectivity index is 0.790. The summed E-state index contributed by atoms with van der Waals surface area (Å²) >= 11 is 0. The molecule has 314 valence electrons. The Labute approximate surface area is 336 Å². The van der Waals surface area contributed by atoms with Crippen LogP contribution in [-0.2, 0) is 28.7 Å². The Morgan fingerprint density at radius 3 is 1.27 bits per heavy atom. The highest BCUT2D eigenvalue weighted by molar-refractivity contribution is 5.75. The number of unbranched alkanes of at least 4 members (excludes halogenated alkanes) is 3. The van der Waals surface area contributed by atoms with Crippen LogP contribution in [0.3, 0.4) is 0 Å². The number of hydrogen-bond acceptors (Lipinski definition) is 6. The van der Waals surface area contributed by atoms with E-state index in [9.17, 15) is 29.4 Å². The van der Waals surface area contributed by atoms with E-state index >= 15 is 0 Å². The van der Waals surface area contributed by atoms with Crippen LogP contribution in [-0.4, -0.2) is 45.3 Å². The number of hydrogen-bond donors (Lipinski definition) is 2.